The number of nitrogens with one attached hydrogen (secondary N) is 2. The van der Waals surface area contributed by atoms with E-state index in [1.807, 2.05) is 24.4 Å². The summed E-state index contributed by atoms with van der Waals surface area (Å²) in [5.41, 5.74) is 2.95. The monoisotopic (exact) mass is 215 g/mol. The number of nitrogens with zero attached hydrogens (tertiary/aromatic N) is 1. The molecule has 0 aromatic carbocycles. The Bertz CT molecular complexity index is 532. The number of rotatable bonds is 1. The standard InChI is InChI=1S/C12H13N3O/c16-8-3-5-14-12(7-8)10-2-1-9-11(15-10)4-6-13-9/h1-2,4,6,12-14H,3,5,7H2/t12-/m1/s1. The molecule has 1 aliphatic heterocycles. The van der Waals surface area contributed by atoms with E-state index in [2.05, 4.69) is 15.3 Å². The van der Waals surface area contributed by atoms with Crippen LogP contribution in [-0.4, -0.2) is 22.3 Å². The van der Waals surface area contributed by atoms with Gasteiger partial charge in [-0.1, -0.05) is 0 Å². The maximum atomic E-state index is 11.4. The quantitative estimate of drug-likeness (QED) is 0.759. The molecule has 0 bridgehead atoms. The number of carbonyl (C=O) groups excluding carboxylic acids is 1. The van der Waals surface area contributed by atoms with E-state index in [-0.39, 0.29) is 6.04 Å². The van der Waals surface area contributed by atoms with Gasteiger partial charge in [-0.15, -0.1) is 0 Å². The van der Waals surface area contributed by atoms with Gasteiger partial charge in [0.15, 0.2) is 0 Å². The maximum Gasteiger partial charge on any atom is 0.136 e. The van der Waals surface area contributed by atoms with Gasteiger partial charge in [0, 0.05) is 25.6 Å². The van der Waals surface area contributed by atoms with Crippen LogP contribution in [0.1, 0.15) is 24.6 Å². The van der Waals surface area contributed by atoms with Gasteiger partial charge in [-0.3, -0.25) is 4.79 Å². The molecule has 0 unspecified atom stereocenters. The Kier molecular flexibility index (Phi) is 2.22. The topological polar surface area (TPSA) is 57.8 Å². The zero-order valence-electron chi connectivity index (χ0n) is 8.86. The maximum absolute atomic E-state index is 11.4. The van der Waals surface area contributed by atoms with Crippen LogP contribution in [0, 0.1) is 0 Å². The Morgan fingerprint density at radius 3 is 3.12 bits per heavy atom. The first-order chi connectivity index (χ1) is 7.83. The fourth-order valence-corrected chi connectivity index (χ4v) is 2.14. The zero-order valence-corrected chi connectivity index (χ0v) is 8.86. The highest BCUT2D eigenvalue weighted by Crippen LogP contribution is 2.21. The molecule has 1 saturated heterocycles. The summed E-state index contributed by atoms with van der Waals surface area (Å²) < 4.78 is 0. The molecule has 0 spiro atoms. The van der Waals surface area contributed by atoms with Gasteiger partial charge < -0.3 is 10.3 Å². The van der Waals surface area contributed by atoms with Crippen LogP contribution in [0.4, 0.5) is 0 Å². The fourth-order valence-electron chi connectivity index (χ4n) is 2.14. The van der Waals surface area contributed by atoms with E-state index in [1.54, 1.807) is 0 Å². The molecular weight excluding hydrogens is 202 g/mol. The van der Waals surface area contributed by atoms with Gasteiger partial charge in [0.1, 0.15) is 5.78 Å². The largest absolute Gasteiger partial charge is 0.360 e. The minimum atomic E-state index is 0.0838. The highest BCUT2D eigenvalue weighted by molar-refractivity contribution is 5.80. The second-order valence-electron chi connectivity index (χ2n) is 4.15. The molecule has 0 amide bonds. The Morgan fingerprint density at radius 2 is 2.25 bits per heavy atom. The van der Waals surface area contributed by atoms with Crippen molar-refractivity contribution in [3.63, 3.8) is 0 Å². The van der Waals surface area contributed by atoms with Gasteiger partial charge in [0.05, 0.1) is 22.8 Å². The van der Waals surface area contributed by atoms with Gasteiger partial charge in [0.2, 0.25) is 0 Å². The van der Waals surface area contributed by atoms with Crippen molar-refractivity contribution in [1.82, 2.24) is 15.3 Å². The summed E-state index contributed by atoms with van der Waals surface area (Å²) in [5, 5.41) is 3.33. The summed E-state index contributed by atoms with van der Waals surface area (Å²) in [6.45, 7) is 0.760. The molecular formula is C12H13N3O. The summed E-state index contributed by atoms with van der Waals surface area (Å²) in [6.07, 6.45) is 3.08. The van der Waals surface area contributed by atoms with Crippen molar-refractivity contribution in [1.29, 1.82) is 0 Å². The highest BCUT2D eigenvalue weighted by Gasteiger charge is 2.21. The van der Waals surface area contributed by atoms with Crippen molar-refractivity contribution in [2.75, 3.05) is 6.54 Å². The lowest BCUT2D eigenvalue weighted by atomic mass is 10.0. The number of hydrogen-bond acceptors (Lipinski definition) is 3. The van der Waals surface area contributed by atoms with E-state index in [0.29, 0.717) is 18.6 Å². The van der Waals surface area contributed by atoms with Crippen LogP contribution in [0.5, 0.6) is 0 Å². The third-order valence-electron chi connectivity index (χ3n) is 3.01. The number of aromatic amines is 1. The first kappa shape index (κ1) is 9.54. The minimum absolute atomic E-state index is 0.0838. The van der Waals surface area contributed by atoms with E-state index in [9.17, 15) is 4.79 Å². The van der Waals surface area contributed by atoms with Crippen molar-refractivity contribution in [2.45, 2.75) is 18.9 Å². The van der Waals surface area contributed by atoms with Crippen molar-refractivity contribution >= 4 is 16.8 Å². The molecule has 0 aliphatic carbocycles. The molecule has 1 atom stereocenters. The van der Waals surface area contributed by atoms with E-state index in [4.69, 9.17) is 0 Å². The Labute approximate surface area is 93.1 Å². The molecule has 1 fully saturated rings. The molecule has 3 rings (SSSR count). The molecule has 1 aliphatic rings. The summed E-state index contributed by atoms with van der Waals surface area (Å²) in [5.74, 6) is 0.319. The lowest BCUT2D eigenvalue weighted by molar-refractivity contribution is -0.120. The summed E-state index contributed by atoms with van der Waals surface area (Å²) in [4.78, 5) is 19.0. The van der Waals surface area contributed by atoms with Crippen molar-refractivity contribution in [2.24, 2.45) is 0 Å². The zero-order chi connectivity index (χ0) is 11.0. The van der Waals surface area contributed by atoms with Gasteiger partial charge in [-0.05, 0) is 18.2 Å². The predicted molar refractivity (Wildman–Crippen MR) is 61.1 cm³/mol. The number of H-pyrrole nitrogens is 1. The van der Waals surface area contributed by atoms with Crippen molar-refractivity contribution in [3.05, 3.63) is 30.1 Å². The average molecular weight is 215 g/mol. The lowest BCUT2D eigenvalue weighted by Gasteiger charge is -2.22. The number of piperidine rings is 1. The minimum Gasteiger partial charge on any atom is -0.360 e. The lowest BCUT2D eigenvalue weighted by Crippen LogP contribution is -2.32. The van der Waals surface area contributed by atoms with Crippen molar-refractivity contribution in [3.8, 4) is 0 Å². The van der Waals surface area contributed by atoms with E-state index in [1.165, 1.54) is 0 Å². The smallest absolute Gasteiger partial charge is 0.136 e. The van der Waals surface area contributed by atoms with Crippen LogP contribution < -0.4 is 5.32 Å². The van der Waals surface area contributed by atoms with E-state index >= 15 is 0 Å². The molecule has 3 heterocycles. The van der Waals surface area contributed by atoms with Crippen LogP contribution in [0.15, 0.2) is 24.4 Å². The number of aromatic nitrogens is 2. The Balaban J connectivity index is 1.95. The number of pyridine rings is 1. The van der Waals surface area contributed by atoms with Crippen LogP contribution in [0.25, 0.3) is 11.0 Å². The highest BCUT2D eigenvalue weighted by atomic mass is 16.1. The number of ketones is 1. The molecule has 0 saturated carbocycles. The van der Waals surface area contributed by atoms with Crippen LogP contribution in [0.3, 0.4) is 0 Å². The van der Waals surface area contributed by atoms with Crippen LogP contribution in [-0.2, 0) is 4.79 Å². The number of fused-ring (bicyclic) bond motifs is 1. The van der Waals surface area contributed by atoms with Gasteiger partial charge in [-0.2, -0.15) is 0 Å². The molecule has 2 aromatic rings. The van der Waals surface area contributed by atoms with Gasteiger partial charge >= 0.3 is 0 Å². The molecule has 4 nitrogen and oxygen atoms in total. The average Bonchev–Trinajstić information content (AvgIpc) is 2.75. The van der Waals surface area contributed by atoms with E-state index < -0.39 is 0 Å². The molecule has 2 aromatic heterocycles. The molecule has 0 radical (unpaired) electrons. The number of hydrogen-bond donors (Lipinski definition) is 2. The van der Waals surface area contributed by atoms with Gasteiger partial charge in [-0.25, -0.2) is 4.98 Å². The summed E-state index contributed by atoms with van der Waals surface area (Å²) >= 11 is 0. The third kappa shape index (κ3) is 1.61. The second kappa shape index (κ2) is 3.72. The van der Waals surface area contributed by atoms with Crippen LogP contribution in [0.2, 0.25) is 0 Å². The van der Waals surface area contributed by atoms with Crippen molar-refractivity contribution < 1.29 is 4.79 Å². The molecule has 16 heavy (non-hydrogen) atoms. The first-order valence-corrected chi connectivity index (χ1v) is 5.52. The van der Waals surface area contributed by atoms with E-state index in [0.717, 1.165) is 23.3 Å². The summed E-state index contributed by atoms with van der Waals surface area (Å²) in [6, 6.07) is 6.03. The van der Waals surface area contributed by atoms with Crippen LogP contribution >= 0.6 is 0 Å². The molecule has 4 heteroatoms. The number of Topliss-reactive ketones (excluding diaryl/α,β-unsaturated/α-hetero) is 1. The molecule has 2 N–H and O–H groups in total. The third-order valence-corrected chi connectivity index (χ3v) is 3.01. The van der Waals surface area contributed by atoms with Gasteiger partial charge in [0.25, 0.3) is 0 Å². The Hall–Kier alpha value is -1.68. The number of carbonyl (C=O) groups is 1. The fraction of sp³-hybridized carbons (Fsp3) is 0.333. The normalized spacial score (nSPS) is 21.5. The Morgan fingerprint density at radius 1 is 1.31 bits per heavy atom. The second-order valence-corrected chi connectivity index (χ2v) is 4.15. The first-order valence-electron chi connectivity index (χ1n) is 5.52. The predicted octanol–water partition coefficient (Wildman–Crippen LogP) is 1.56. The molecule has 82 valence electrons. The SMILES string of the molecule is O=C1CCN[C@@H](c2ccc3[nH]ccc3n2)C1. The summed E-state index contributed by atoms with van der Waals surface area (Å²) in [7, 11) is 0.